The van der Waals surface area contributed by atoms with Gasteiger partial charge in [0.1, 0.15) is 5.75 Å². The number of hydrogen-bond donors (Lipinski definition) is 2. The molecule has 0 bridgehead atoms. The number of hydrogen-bond acceptors (Lipinski definition) is 2. The van der Waals surface area contributed by atoms with Gasteiger partial charge >= 0.3 is 0 Å². The zero-order chi connectivity index (χ0) is 21.4. The van der Waals surface area contributed by atoms with Crippen LogP contribution in [0.4, 0.5) is 5.69 Å². The van der Waals surface area contributed by atoms with Crippen molar-refractivity contribution in [3.63, 3.8) is 0 Å². The van der Waals surface area contributed by atoms with E-state index in [4.69, 9.17) is 5.73 Å². The molecule has 0 spiro atoms. The first-order chi connectivity index (χ1) is 14.7. The summed E-state index contributed by atoms with van der Waals surface area (Å²) in [7, 11) is 0. The van der Waals surface area contributed by atoms with Crippen LogP contribution in [0.3, 0.4) is 0 Å². The van der Waals surface area contributed by atoms with E-state index in [-0.39, 0.29) is 0 Å². The third kappa shape index (κ3) is 8.81. The minimum absolute atomic E-state index is 0.329. The molecular formula is C28H43NO. The Morgan fingerprint density at radius 2 is 1.13 bits per heavy atom. The van der Waals surface area contributed by atoms with Crippen molar-refractivity contribution in [3.8, 4) is 16.9 Å². The molecule has 2 nitrogen and oxygen atoms in total. The Morgan fingerprint density at radius 1 is 0.633 bits per heavy atom. The first kappa shape index (κ1) is 24.3. The van der Waals surface area contributed by atoms with E-state index in [2.05, 4.69) is 6.92 Å². The smallest absolute Gasteiger partial charge is 0.123 e. The molecule has 0 aromatic heterocycles. The standard InChI is InChI=1S/C28H43NO/c1-2-3-4-5-6-7-8-9-10-11-12-13-14-18-21-25-26(29)22-23-27(30)28(25)24-19-16-15-17-20-24/h15-17,19-20,22-23,30H,2-14,18,21,29H2,1H3. The van der Waals surface area contributed by atoms with Crippen LogP contribution in [0, 0.1) is 0 Å². The number of unbranched alkanes of at least 4 members (excludes halogenated alkanes) is 13. The molecule has 0 fully saturated rings. The van der Waals surface area contributed by atoms with Gasteiger partial charge in [0, 0.05) is 11.3 Å². The maximum absolute atomic E-state index is 10.4. The van der Waals surface area contributed by atoms with Crippen molar-refractivity contribution in [3.05, 3.63) is 48.0 Å². The third-order valence-corrected chi connectivity index (χ3v) is 6.17. The van der Waals surface area contributed by atoms with Gasteiger partial charge in [-0.25, -0.2) is 0 Å². The molecule has 2 heteroatoms. The van der Waals surface area contributed by atoms with Crippen molar-refractivity contribution in [2.75, 3.05) is 5.73 Å². The first-order valence-corrected chi connectivity index (χ1v) is 12.4. The molecule has 2 aromatic carbocycles. The second-order valence-corrected chi connectivity index (χ2v) is 8.74. The summed E-state index contributed by atoms with van der Waals surface area (Å²) >= 11 is 0. The molecule has 0 unspecified atom stereocenters. The van der Waals surface area contributed by atoms with Crippen molar-refractivity contribution >= 4 is 5.69 Å². The quantitative estimate of drug-likeness (QED) is 0.165. The second kappa shape index (κ2) is 14.9. The third-order valence-electron chi connectivity index (χ3n) is 6.17. The number of phenols is 1. The van der Waals surface area contributed by atoms with E-state index >= 15 is 0 Å². The van der Waals surface area contributed by atoms with E-state index in [9.17, 15) is 5.11 Å². The topological polar surface area (TPSA) is 46.2 Å². The first-order valence-electron chi connectivity index (χ1n) is 12.4. The zero-order valence-electron chi connectivity index (χ0n) is 19.2. The Bertz CT molecular complexity index is 695. The van der Waals surface area contributed by atoms with Crippen molar-refractivity contribution in [2.45, 2.75) is 103 Å². The van der Waals surface area contributed by atoms with Crippen LogP contribution in [0.15, 0.2) is 42.5 Å². The number of rotatable bonds is 16. The Morgan fingerprint density at radius 3 is 1.67 bits per heavy atom. The minimum atomic E-state index is 0.329. The van der Waals surface area contributed by atoms with E-state index in [0.29, 0.717) is 5.75 Å². The normalized spacial score (nSPS) is 11.1. The summed E-state index contributed by atoms with van der Waals surface area (Å²) in [5, 5.41) is 10.4. The summed E-state index contributed by atoms with van der Waals surface area (Å²) in [4.78, 5) is 0. The molecule has 0 saturated heterocycles. The van der Waals surface area contributed by atoms with Gasteiger partial charge in [-0.3, -0.25) is 0 Å². The average Bonchev–Trinajstić information content (AvgIpc) is 2.77. The maximum Gasteiger partial charge on any atom is 0.123 e. The Kier molecular flexibility index (Phi) is 12.1. The maximum atomic E-state index is 10.4. The molecule has 0 amide bonds. The fraction of sp³-hybridized carbons (Fsp3) is 0.571. The van der Waals surface area contributed by atoms with Gasteiger partial charge in [0.05, 0.1) is 0 Å². The van der Waals surface area contributed by atoms with Crippen molar-refractivity contribution < 1.29 is 5.11 Å². The van der Waals surface area contributed by atoms with E-state index in [0.717, 1.165) is 35.2 Å². The number of anilines is 1. The van der Waals surface area contributed by atoms with Gasteiger partial charge < -0.3 is 10.8 Å². The van der Waals surface area contributed by atoms with Crippen LogP contribution in [0.5, 0.6) is 5.75 Å². The van der Waals surface area contributed by atoms with Crippen molar-refractivity contribution in [1.82, 2.24) is 0 Å². The highest BCUT2D eigenvalue weighted by Crippen LogP contribution is 2.36. The highest BCUT2D eigenvalue weighted by molar-refractivity contribution is 5.78. The summed E-state index contributed by atoms with van der Waals surface area (Å²) in [5.41, 5.74) is 10.1. The molecule has 0 saturated carbocycles. The number of phenolic OH excluding ortho intramolecular Hbond substituents is 1. The average molecular weight is 410 g/mol. The summed E-state index contributed by atoms with van der Waals surface area (Å²) in [6, 6.07) is 13.7. The van der Waals surface area contributed by atoms with E-state index in [1.165, 1.54) is 83.5 Å². The van der Waals surface area contributed by atoms with Crippen LogP contribution >= 0.6 is 0 Å². The highest BCUT2D eigenvalue weighted by Gasteiger charge is 2.13. The highest BCUT2D eigenvalue weighted by atomic mass is 16.3. The molecule has 0 radical (unpaired) electrons. The van der Waals surface area contributed by atoms with Crippen LogP contribution in [0.1, 0.15) is 102 Å². The van der Waals surface area contributed by atoms with Crippen molar-refractivity contribution in [1.29, 1.82) is 0 Å². The summed E-state index contributed by atoms with van der Waals surface area (Å²) in [6.45, 7) is 2.28. The van der Waals surface area contributed by atoms with Gasteiger partial charge in [-0.1, -0.05) is 121 Å². The van der Waals surface area contributed by atoms with E-state index in [1.807, 2.05) is 36.4 Å². The number of benzene rings is 2. The van der Waals surface area contributed by atoms with E-state index in [1.54, 1.807) is 6.07 Å². The molecule has 2 aromatic rings. The van der Waals surface area contributed by atoms with Crippen molar-refractivity contribution in [2.24, 2.45) is 0 Å². The van der Waals surface area contributed by atoms with Gasteiger partial charge in [0.25, 0.3) is 0 Å². The molecular weight excluding hydrogens is 366 g/mol. The van der Waals surface area contributed by atoms with E-state index < -0.39 is 0 Å². The molecule has 0 heterocycles. The second-order valence-electron chi connectivity index (χ2n) is 8.74. The summed E-state index contributed by atoms with van der Waals surface area (Å²) < 4.78 is 0. The number of aromatic hydroxyl groups is 1. The lowest BCUT2D eigenvalue weighted by Gasteiger charge is -2.14. The van der Waals surface area contributed by atoms with Crippen LogP contribution in [0.25, 0.3) is 11.1 Å². The molecule has 0 aliphatic heterocycles. The molecule has 0 atom stereocenters. The molecule has 2 rings (SSSR count). The molecule has 30 heavy (non-hydrogen) atoms. The number of nitrogens with two attached hydrogens (primary N) is 1. The minimum Gasteiger partial charge on any atom is -0.507 e. The summed E-state index contributed by atoms with van der Waals surface area (Å²) in [6.07, 6.45) is 20.0. The zero-order valence-corrected chi connectivity index (χ0v) is 19.2. The van der Waals surface area contributed by atoms with Crippen LogP contribution in [-0.4, -0.2) is 5.11 Å². The fourth-order valence-electron chi connectivity index (χ4n) is 4.34. The lowest BCUT2D eigenvalue weighted by molar-refractivity contribution is 0.476. The summed E-state index contributed by atoms with van der Waals surface area (Å²) in [5.74, 6) is 0.329. The lowest BCUT2D eigenvalue weighted by Crippen LogP contribution is -1.98. The fourth-order valence-corrected chi connectivity index (χ4v) is 4.34. The van der Waals surface area contributed by atoms with Crippen LogP contribution in [0.2, 0.25) is 0 Å². The Balaban J connectivity index is 1.60. The van der Waals surface area contributed by atoms with Crippen LogP contribution in [-0.2, 0) is 6.42 Å². The largest absolute Gasteiger partial charge is 0.507 e. The molecule has 0 aliphatic rings. The Labute approximate surface area is 184 Å². The lowest BCUT2D eigenvalue weighted by atomic mass is 9.93. The van der Waals surface area contributed by atoms with Gasteiger partial charge in [-0.15, -0.1) is 0 Å². The Hall–Kier alpha value is -1.96. The SMILES string of the molecule is CCCCCCCCCCCCCCCCc1c(N)ccc(O)c1-c1ccccc1. The monoisotopic (exact) mass is 409 g/mol. The van der Waals surface area contributed by atoms with Gasteiger partial charge in [0.15, 0.2) is 0 Å². The molecule has 3 N–H and O–H groups in total. The predicted molar refractivity (Wildman–Crippen MR) is 132 cm³/mol. The van der Waals surface area contributed by atoms with Crippen LogP contribution < -0.4 is 5.73 Å². The van der Waals surface area contributed by atoms with Gasteiger partial charge in [-0.2, -0.15) is 0 Å². The van der Waals surface area contributed by atoms with Gasteiger partial charge in [0.2, 0.25) is 0 Å². The predicted octanol–water partition coefficient (Wildman–Crippen LogP) is 8.67. The molecule has 166 valence electrons. The molecule has 0 aliphatic carbocycles. The number of nitrogen functional groups attached to an aromatic ring is 1. The van der Waals surface area contributed by atoms with Gasteiger partial charge in [-0.05, 0) is 36.1 Å².